The lowest BCUT2D eigenvalue weighted by molar-refractivity contribution is -0.384. The maximum atomic E-state index is 13.5. The summed E-state index contributed by atoms with van der Waals surface area (Å²) in [7, 11) is -2.98. The Kier molecular flexibility index (Phi) is 7.65. The smallest absolute Gasteiger partial charge is 0.337 e. The molecule has 0 radical (unpaired) electrons. The first-order valence-corrected chi connectivity index (χ1v) is 14.8. The molecule has 0 aliphatic carbocycles. The number of nitro groups is 1. The van der Waals surface area contributed by atoms with Gasteiger partial charge in [0.25, 0.3) is 11.5 Å². The Balaban J connectivity index is 1.62. The van der Waals surface area contributed by atoms with Gasteiger partial charge >= 0.3 is 11.9 Å². The molecule has 12 nitrogen and oxygen atoms in total. The number of aliphatic hydroxyl groups excluding tert-OH is 1. The average Bonchev–Trinajstić information content (AvgIpc) is 3.60. The van der Waals surface area contributed by atoms with Gasteiger partial charge in [0, 0.05) is 17.7 Å². The zero-order valence-electron chi connectivity index (χ0n) is 22.5. The third-order valence-electron chi connectivity index (χ3n) is 6.72. The monoisotopic (exact) mass is 619 g/mol. The SMILES string of the molecule is COC(=O)c1ccc(C2C(=C(O)c3ccc(C)cc3)C(=O)C(=O)N2c2ncc(S(=O)(=O)c3ccc([N+](=O)[O-])cc3)s2)cc1. The zero-order chi connectivity index (χ0) is 31.1. The van der Waals surface area contributed by atoms with Crippen LogP contribution in [0.15, 0.2) is 93.7 Å². The van der Waals surface area contributed by atoms with E-state index in [0.29, 0.717) is 16.9 Å². The molecule has 1 unspecified atom stereocenters. The summed E-state index contributed by atoms with van der Waals surface area (Å²) in [6, 6.07) is 15.5. The van der Waals surface area contributed by atoms with Crippen molar-refractivity contribution in [1.29, 1.82) is 0 Å². The molecule has 1 atom stereocenters. The molecule has 1 aromatic heterocycles. The van der Waals surface area contributed by atoms with Crippen LogP contribution in [0.3, 0.4) is 0 Å². The molecule has 14 heteroatoms. The first kappa shape index (κ1) is 29.3. The van der Waals surface area contributed by atoms with E-state index in [-0.39, 0.29) is 36.6 Å². The summed E-state index contributed by atoms with van der Waals surface area (Å²) in [5.74, 6) is -3.13. The number of rotatable bonds is 7. The summed E-state index contributed by atoms with van der Waals surface area (Å²) in [6.45, 7) is 1.84. The van der Waals surface area contributed by atoms with E-state index in [0.717, 1.165) is 40.9 Å². The number of aliphatic hydroxyl groups is 1. The normalized spacial score (nSPS) is 16.3. The van der Waals surface area contributed by atoms with Gasteiger partial charge in [0.05, 0.1) is 40.3 Å². The van der Waals surface area contributed by atoms with Crippen LogP contribution in [-0.4, -0.2) is 48.2 Å². The van der Waals surface area contributed by atoms with Crippen LogP contribution in [0.2, 0.25) is 0 Å². The molecule has 1 fully saturated rings. The maximum absolute atomic E-state index is 13.5. The predicted octanol–water partition coefficient (Wildman–Crippen LogP) is 4.61. The molecule has 4 aromatic rings. The fourth-order valence-electron chi connectivity index (χ4n) is 4.48. The standard InChI is InChI=1S/C29H21N3O9S2/c1-16-3-5-18(6-4-16)25(33)23-24(17-7-9-19(10-8-17)28(36)41-2)31(27(35)26(23)34)29-30-15-22(42-29)43(39,40)21-13-11-20(12-14-21)32(37)38/h3-15,24,33H,1-2H3. The number of anilines is 1. The van der Waals surface area contributed by atoms with Gasteiger partial charge in [-0.3, -0.25) is 24.6 Å². The number of nitro benzene ring substituents is 1. The molecule has 43 heavy (non-hydrogen) atoms. The van der Waals surface area contributed by atoms with Gasteiger partial charge in [0.1, 0.15) is 9.97 Å². The van der Waals surface area contributed by atoms with Crippen LogP contribution in [0.4, 0.5) is 10.8 Å². The van der Waals surface area contributed by atoms with Gasteiger partial charge in [0.15, 0.2) is 5.13 Å². The Bertz CT molecular complexity index is 1910. The molecule has 1 N–H and O–H groups in total. The van der Waals surface area contributed by atoms with Crippen molar-refractivity contribution in [1.82, 2.24) is 4.98 Å². The molecule has 0 spiro atoms. The van der Waals surface area contributed by atoms with Gasteiger partial charge in [-0.05, 0) is 36.8 Å². The van der Waals surface area contributed by atoms with Gasteiger partial charge in [-0.2, -0.15) is 0 Å². The summed E-state index contributed by atoms with van der Waals surface area (Å²) in [6.07, 6.45) is 1.02. The quantitative estimate of drug-likeness (QED) is 0.0768. The summed E-state index contributed by atoms with van der Waals surface area (Å²) in [5.41, 5.74) is 1.16. The van der Waals surface area contributed by atoms with Crippen molar-refractivity contribution in [3.63, 3.8) is 0 Å². The molecule has 1 aliphatic heterocycles. The van der Waals surface area contributed by atoms with Crippen LogP contribution in [0.25, 0.3) is 5.76 Å². The number of nitrogens with zero attached hydrogens (tertiary/aromatic N) is 3. The van der Waals surface area contributed by atoms with E-state index >= 15 is 0 Å². The van der Waals surface area contributed by atoms with Crippen molar-refractivity contribution in [2.45, 2.75) is 22.1 Å². The van der Waals surface area contributed by atoms with Gasteiger partial charge < -0.3 is 9.84 Å². The summed E-state index contributed by atoms with van der Waals surface area (Å²) in [5, 5.41) is 22.1. The Morgan fingerprint density at radius 2 is 1.60 bits per heavy atom. The van der Waals surface area contributed by atoms with Crippen molar-refractivity contribution >= 4 is 55.4 Å². The number of carbonyl (C=O) groups excluding carboxylic acids is 3. The lowest BCUT2D eigenvalue weighted by atomic mass is 9.94. The highest BCUT2D eigenvalue weighted by Gasteiger charge is 2.48. The lowest BCUT2D eigenvalue weighted by Gasteiger charge is -2.23. The van der Waals surface area contributed by atoms with Gasteiger partial charge in [-0.1, -0.05) is 53.3 Å². The Morgan fingerprint density at radius 3 is 2.19 bits per heavy atom. The third kappa shape index (κ3) is 5.29. The number of thiazole rings is 1. The number of Topliss-reactive ketones (excluding diaryl/α,β-unsaturated/α-hetero) is 1. The number of aromatic nitrogens is 1. The van der Waals surface area contributed by atoms with E-state index in [1.165, 1.54) is 31.4 Å². The molecule has 3 aromatic carbocycles. The predicted molar refractivity (Wildman–Crippen MR) is 154 cm³/mol. The van der Waals surface area contributed by atoms with Gasteiger partial charge in [-0.15, -0.1) is 0 Å². The molecule has 1 saturated heterocycles. The number of hydrogen-bond donors (Lipinski definition) is 1. The van der Waals surface area contributed by atoms with Crippen LogP contribution in [0, 0.1) is 17.0 Å². The number of benzene rings is 3. The Morgan fingerprint density at radius 1 is 1.00 bits per heavy atom. The molecule has 1 amide bonds. The summed E-state index contributed by atoms with van der Waals surface area (Å²) >= 11 is 0.611. The van der Waals surface area contributed by atoms with Crippen LogP contribution < -0.4 is 4.90 Å². The third-order valence-corrected chi connectivity index (χ3v) is 9.95. The number of aryl methyl sites for hydroxylation is 1. The molecular weight excluding hydrogens is 598 g/mol. The Labute approximate surface area is 248 Å². The fourth-order valence-corrected chi connectivity index (χ4v) is 7.03. The highest BCUT2D eigenvalue weighted by atomic mass is 32.2. The van der Waals surface area contributed by atoms with E-state index < -0.39 is 44.2 Å². The number of amides is 1. The number of esters is 1. The number of sulfone groups is 1. The van der Waals surface area contributed by atoms with Crippen LogP contribution in [0.1, 0.15) is 33.1 Å². The minimum Gasteiger partial charge on any atom is -0.507 e. The number of ketones is 1. The van der Waals surface area contributed by atoms with E-state index in [1.807, 2.05) is 6.92 Å². The van der Waals surface area contributed by atoms with Crippen LogP contribution in [-0.2, 0) is 24.2 Å². The minimum atomic E-state index is -4.20. The molecule has 218 valence electrons. The summed E-state index contributed by atoms with van der Waals surface area (Å²) < 4.78 is 31.0. The second-order valence-electron chi connectivity index (χ2n) is 9.37. The molecule has 2 heterocycles. The van der Waals surface area contributed by atoms with E-state index in [2.05, 4.69) is 4.98 Å². The fraction of sp³-hybridized carbons (Fsp3) is 0.103. The molecular formula is C29H21N3O9S2. The largest absolute Gasteiger partial charge is 0.507 e. The second kappa shape index (κ2) is 11.2. The van der Waals surface area contributed by atoms with Crippen molar-refractivity contribution in [2.75, 3.05) is 12.0 Å². The van der Waals surface area contributed by atoms with Crippen LogP contribution in [0.5, 0.6) is 0 Å². The first-order chi connectivity index (χ1) is 20.4. The van der Waals surface area contributed by atoms with Crippen molar-refractivity contribution in [3.05, 3.63) is 117 Å². The number of non-ortho nitro benzene ring substituents is 1. The molecule has 0 bridgehead atoms. The zero-order valence-corrected chi connectivity index (χ0v) is 24.1. The van der Waals surface area contributed by atoms with Crippen molar-refractivity contribution in [3.8, 4) is 0 Å². The van der Waals surface area contributed by atoms with E-state index in [1.54, 1.807) is 24.3 Å². The minimum absolute atomic E-state index is 0.146. The van der Waals surface area contributed by atoms with Gasteiger partial charge in [0.2, 0.25) is 9.84 Å². The van der Waals surface area contributed by atoms with E-state index in [4.69, 9.17) is 4.74 Å². The summed E-state index contributed by atoms with van der Waals surface area (Å²) in [4.78, 5) is 54.1. The second-order valence-corrected chi connectivity index (χ2v) is 12.6. The molecule has 5 rings (SSSR count). The first-order valence-electron chi connectivity index (χ1n) is 12.5. The lowest BCUT2D eigenvalue weighted by Crippen LogP contribution is -2.29. The maximum Gasteiger partial charge on any atom is 0.337 e. The molecule has 1 aliphatic rings. The van der Waals surface area contributed by atoms with Gasteiger partial charge in [-0.25, -0.2) is 18.2 Å². The number of carbonyl (C=O) groups is 3. The van der Waals surface area contributed by atoms with Crippen LogP contribution >= 0.6 is 11.3 Å². The Hall–Kier alpha value is -5.21. The number of hydrogen-bond acceptors (Lipinski definition) is 11. The number of methoxy groups -OCH3 is 1. The molecule has 0 saturated carbocycles. The van der Waals surface area contributed by atoms with Crippen molar-refractivity contribution < 1.29 is 37.6 Å². The highest BCUT2D eigenvalue weighted by molar-refractivity contribution is 7.93. The highest BCUT2D eigenvalue weighted by Crippen LogP contribution is 2.44. The number of ether oxygens (including phenoxy) is 1. The topological polar surface area (TPSA) is 174 Å². The average molecular weight is 620 g/mol. The van der Waals surface area contributed by atoms with E-state index in [9.17, 15) is 38.0 Å². The van der Waals surface area contributed by atoms with Crippen molar-refractivity contribution in [2.24, 2.45) is 0 Å².